The summed E-state index contributed by atoms with van der Waals surface area (Å²) in [5, 5.41) is 11.8. The predicted octanol–water partition coefficient (Wildman–Crippen LogP) is 1.61. The summed E-state index contributed by atoms with van der Waals surface area (Å²) in [6.07, 6.45) is 3.18. The largest absolute Gasteiger partial charge is 0.481 e. The van der Waals surface area contributed by atoms with E-state index in [1.54, 1.807) is 23.1 Å². The summed E-state index contributed by atoms with van der Waals surface area (Å²) >= 11 is 0. The number of hydrogen-bond donors (Lipinski definition) is 3. The van der Waals surface area contributed by atoms with Gasteiger partial charge >= 0.3 is 12.0 Å². The number of carboxylic acids is 1. The maximum atomic E-state index is 12.3. The molecule has 25 heavy (non-hydrogen) atoms. The van der Waals surface area contributed by atoms with Crippen LogP contribution in [0.1, 0.15) is 41.6 Å². The number of amides is 3. The smallest absolute Gasteiger partial charge is 0.317 e. The molecule has 1 unspecified atom stereocenters. The molecule has 0 aliphatic carbocycles. The Hall–Kier alpha value is -2.57. The van der Waals surface area contributed by atoms with E-state index in [1.165, 1.54) is 0 Å². The molecule has 1 heterocycles. The molecule has 1 fully saturated rings. The second-order valence-electron chi connectivity index (χ2n) is 6.43. The van der Waals surface area contributed by atoms with Crippen LogP contribution in [0, 0.1) is 5.92 Å². The van der Waals surface area contributed by atoms with Crippen molar-refractivity contribution in [2.75, 3.05) is 19.6 Å². The minimum Gasteiger partial charge on any atom is -0.481 e. The van der Waals surface area contributed by atoms with Gasteiger partial charge in [-0.1, -0.05) is 12.1 Å². The highest BCUT2D eigenvalue weighted by molar-refractivity contribution is 5.92. The molecule has 3 amide bonds. The van der Waals surface area contributed by atoms with Crippen LogP contribution in [0.2, 0.25) is 0 Å². The van der Waals surface area contributed by atoms with Crippen LogP contribution < -0.4 is 11.1 Å². The summed E-state index contributed by atoms with van der Waals surface area (Å²) in [6.45, 7) is 1.70. The van der Waals surface area contributed by atoms with Crippen molar-refractivity contribution in [3.8, 4) is 0 Å². The zero-order chi connectivity index (χ0) is 18.2. The van der Waals surface area contributed by atoms with Gasteiger partial charge in [0.15, 0.2) is 0 Å². The third-order valence-electron chi connectivity index (χ3n) is 4.50. The molecule has 2 rings (SSSR count). The first-order valence-electron chi connectivity index (χ1n) is 8.59. The average molecular weight is 347 g/mol. The third-order valence-corrected chi connectivity index (χ3v) is 4.50. The maximum Gasteiger partial charge on any atom is 0.317 e. The number of carbonyl (C=O) groups excluding carboxylic acids is 2. The molecule has 0 aromatic heterocycles. The summed E-state index contributed by atoms with van der Waals surface area (Å²) in [5.74, 6) is -1.10. The molecule has 1 aliphatic rings. The van der Waals surface area contributed by atoms with Crippen LogP contribution in [0.5, 0.6) is 0 Å². The summed E-state index contributed by atoms with van der Waals surface area (Å²) in [4.78, 5) is 36.0. The van der Waals surface area contributed by atoms with Crippen molar-refractivity contribution >= 4 is 17.9 Å². The molecule has 136 valence electrons. The summed E-state index contributed by atoms with van der Waals surface area (Å²) in [7, 11) is 0. The number of hydrogen-bond acceptors (Lipinski definition) is 3. The van der Waals surface area contributed by atoms with Crippen molar-refractivity contribution < 1.29 is 19.5 Å². The molecule has 0 saturated carbocycles. The minimum absolute atomic E-state index is 0.123. The van der Waals surface area contributed by atoms with Crippen molar-refractivity contribution in [2.45, 2.75) is 32.1 Å². The Morgan fingerprint density at radius 3 is 2.76 bits per heavy atom. The molecule has 4 N–H and O–H groups in total. The number of aliphatic carboxylic acids is 1. The summed E-state index contributed by atoms with van der Waals surface area (Å²) < 4.78 is 0. The van der Waals surface area contributed by atoms with E-state index in [2.05, 4.69) is 5.32 Å². The summed E-state index contributed by atoms with van der Waals surface area (Å²) in [6, 6.07) is 6.93. The first kappa shape index (κ1) is 18.8. The standard InChI is InChI=1S/C18H25N3O4/c19-17(24)15-5-1-3-13(11-15)6-8-20-18(25)21-9-2-4-14(7-10-21)12-16(22)23/h1,3,5,11,14H,2,4,6-10,12H2,(H2,19,24)(H,20,25)(H,22,23). The summed E-state index contributed by atoms with van der Waals surface area (Å²) in [5.41, 5.74) is 6.66. The van der Waals surface area contributed by atoms with Crippen molar-refractivity contribution in [2.24, 2.45) is 11.7 Å². The van der Waals surface area contributed by atoms with Crippen LogP contribution in [0.4, 0.5) is 4.79 Å². The number of benzene rings is 1. The average Bonchev–Trinajstić information content (AvgIpc) is 2.80. The molecule has 1 aliphatic heterocycles. The second kappa shape index (κ2) is 9.05. The van der Waals surface area contributed by atoms with Gasteiger partial charge in [0.25, 0.3) is 0 Å². The second-order valence-corrected chi connectivity index (χ2v) is 6.43. The van der Waals surface area contributed by atoms with E-state index in [1.807, 2.05) is 6.07 Å². The number of urea groups is 1. The van der Waals surface area contributed by atoms with E-state index < -0.39 is 11.9 Å². The van der Waals surface area contributed by atoms with Crippen molar-refractivity contribution in [1.29, 1.82) is 0 Å². The molecule has 1 aromatic carbocycles. The number of carbonyl (C=O) groups is 3. The van der Waals surface area contributed by atoms with Crippen molar-refractivity contribution in [3.05, 3.63) is 35.4 Å². The Kier molecular flexibility index (Phi) is 6.80. The highest BCUT2D eigenvalue weighted by atomic mass is 16.4. The fourth-order valence-corrected chi connectivity index (χ4v) is 3.13. The lowest BCUT2D eigenvalue weighted by molar-refractivity contribution is -0.138. The van der Waals surface area contributed by atoms with Gasteiger partial charge in [0.05, 0.1) is 0 Å². The molecular formula is C18H25N3O4. The third kappa shape index (κ3) is 6.10. The Morgan fingerprint density at radius 1 is 1.24 bits per heavy atom. The molecule has 1 saturated heterocycles. The SMILES string of the molecule is NC(=O)c1cccc(CCNC(=O)N2CCCC(CC(=O)O)CC2)c1. The van der Waals surface area contributed by atoms with Crippen LogP contribution in [0.25, 0.3) is 0 Å². The fraction of sp³-hybridized carbons (Fsp3) is 0.500. The van der Waals surface area contributed by atoms with Crippen LogP contribution in [-0.2, 0) is 11.2 Å². The van der Waals surface area contributed by atoms with Gasteiger partial charge in [-0.2, -0.15) is 0 Å². The molecule has 0 radical (unpaired) electrons. The number of primary amides is 1. The van der Waals surface area contributed by atoms with Crippen molar-refractivity contribution in [1.82, 2.24) is 10.2 Å². The number of carboxylic acid groups (broad SMARTS) is 1. The first-order valence-corrected chi connectivity index (χ1v) is 8.59. The van der Waals surface area contributed by atoms with E-state index in [9.17, 15) is 14.4 Å². The number of nitrogens with zero attached hydrogens (tertiary/aromatic N) is 1. The van der Waals surface area contributed by atoms with Gasteiger partial charge in [-0.3, -0.25) is 9.59 Å². The molecule has 7 nitrogen and oxygen atoms in total. The van der Waals surface area contributed by atoms with Crippen molar-refractivity contribution in [3.63, 3.8) is 0 Å². The Morgan fingerprint density at radius 2 is 2.04 bits per heavy atom. The van der Waals surface area contributed by atoms with Gasteiger partial charge in [-0.25, -0.2) is 4.79 Å². The normalized spacial score (nSPS) is 17.6. The number of nitrogens with one attached hydrogen (secondary N) is 1. The van der Waals surface area contributed by atoms with Gasteiger partial charge < -0.3 is 21.1 Å². The van der Waals surface area contributed by atoms with E-state index in [-0.39, 0.29) is 18.4 Å². The van der Waals surface area contributed by atoms with Crippen LogP contribution >= 0.6 is 0 Å². The van der Waals surface area contributed by atoms with E-state index in [0.717, 1.165) is 24.8 Å². The fourth-order valence-electron chi connectivity index (χ4n) is 3.13. The monoisotopic (exact) mass is 347 g/mol. The highest BCUT2D eigenvalue weighted by Gasteiger charge is 2.21. The molecule has 0 spiro atoms. The highest BCUT2D eigenvalue weighted by Crippen LogP contribution is 2.20. The van der Waals surface area contributed by atoms with Crippen LogP contribution in [0.15, 0.2) is 24.3 Å². The number of likely N-dealkylation sites (tertiary alicyclic amines) is 1. The molecule has 7 heteroatoms. The van der Waals surface area contributed by atoms with Gasteiger partial charge in [0.2, 0.25) is 5.91 Å². The Balaban J connectivity index is 1.77. The molecule has 1 aromatic rings. The van der Waals surface area contributed by atoms with Crippen LogP contribution in [0.3, 0.4) is 0 Å². The minimum atomic E-state index is -0.777. The molecule has 0 bridgehead atoms. The Bertz CT molecular complexity index is 633. The zero-order valence-corrected chi connectivity index (χ0v) is 14.2. The van der Waals surface area contributed by atoms with E-state index in [4.69, 9.17) is 10.8 Å². The number of rotatable bonds is 6. The van der Waals surface area contributed by atoms with Gasteiger partial charge in [0, 0.05) is 31.6 Å². The van der Waals surface area contributed by atoms with Crippen LogP contribution in [-0.4, -0.2) is 47.5 Å². The molecule has 1 atom stereocenters. The topological polar surface area (TPSA) is 113 Å². The van der Waals surface area contributed by atoms with Gasteiger partial charge in [-0.15, -0.1) is 0 Å². The Labute approximate surface area is 147 Å². The quantitative estimate of drug-likeness (QED) is 0.725. The lowest BCUT2D eigenvalue weighted by atomic mass is 9.97. The number of nitrogens with two attached hydrogens (primary N) is 1. The van der Waals surface area contributed by atoms with E-state index >= 15 is 0 Å². The lowest BCUT2D eigenvalue weighted by Crippen LogP contribution is -2.41. The first-order chi connectivity index (χ1) is 12.0. The van der Waals surface area contributed by atoms with Gasteiger partial charge in [0.1, 0.15) is 0 Å². The zero-order valence-electron chi connectivity index (χ0n) is 14.2. The molecular weight excluding hydrogens is 322 g/mol. The van der Waals surface area contributed by atoms with Gasteiger partial charge in [-0.05, 0) is 49.3 Å². The predicted molar refractivity (Wildman–Crippen MR) is 93.2 cm³/mol. The van der Waals surface area contributed by atoms with E-state index in [0.29, 0.717) is 31.6 Å². The lowest BCUT2D eigenvalue weighted by Gasteiger charge is -2.21. The maximum absolute atomic E-state index is 12.3.